The standard InChI is InChI=1S/C13H13FN4O2/c14-11-4-2-1-3-9(11)5-6-16-13-8-10(18(19)20)7-12(15)17-13/h1-4,7-8H,5-6H2,(H3,15,16,17). The third-order valence-electron chi connectivity index (χ3n) is 2.70. The highest BCUT2D eigenvalue weighted by Crippen LogP contribution is 2.18. The van der Waals surface area contributed by atoms with Crippen molar-refractivity contribution in [1.82, 2.24) is 4.98 Å². The fraction of sp³-hybridized carbons (Fsp3) is 0.154. The van der Waals surface area contributed by atoms with Crippen molar-refractivity contribution >= 4 is 17.3 Å². The molecule has 0 aliphatic carbocycles. The van der Waals surface area contributed by atoms with Gasteiger partial charge in [0.05, 0.1) is 17.1 Å². The maximum atomic E-state index is 13.4. The Balaban J connectivity index is 2.01. The van der Waals surface area contributed by atoms with Gasteiger partial charge in [0.15, 0.2) is 0 Å². The van der Waals surface area contributed by atoms with Crippen molar-refractivity contribution in [2.24, 2.45) is 0 Å². The van der Waals surface area contributed by atoms with Crippen molar-refractivity contribution in [1.29, 1.82) is 0 Å². The first kappa shape index (κ1) is 13.7. The number of anilines is 2. The lowest BCUT2D eigenvalue weighted by molar-refractivity contribution is -0.384. The van der Waals surface area contributed by atoms with E-state index < -0.39 is 4.92 Å². The Hall–Kier alpha value is -2.70. The molecule has 104 valence electrons. The summed E-state index contributed by atoms with van der Waals surface area (Å²) in [7, 11) is 0. The largest absolute Gasteiger partial charge is 0.383 e. The molecule has 0 saturated carbocycles. The smallest absolute Gasteiger partial charge is 0.276 e. The lowest BCUT2D eigenvalue weighted by Gasteiger charge is -2.07. The molecule has 0 bridgehead atoms. The summed E-state index contributed by atoms with van der Waals surface area (Å²) in [6, 6.07) is 8.92. The molecule has 0 radical (unpaired) electrons. The summed E-state index contributed by atoms with van der Waals surface area (Å²) in [6.07, 6.45) is 0.441. The van der Waals surface area contributed by atoms with Crippen molar-refractivity contribution in [2.75, 3.05) is 17.6 Å². The predicted octanol–water partition coefficient (Wildman–Crippen LogP) is 2.37. The molecular formula is C13H13FN4O2. The van der Waals surface area contributed by atoms with Gasteiger partial charge in [-0.25, -0.2) is 9.37 Å². The quantitative estimate of drug-likeness (QED) is 0.645. The highest BCUT2D eigenvalue weighted by Gasteiger charge is 2.09. The number of benzene rings is 1. The van der Waals surface area contributed by atoms with Crippen LogP contribution in [0.5, 0.6) is 0 Å². The Bertz CT molecular complexity index is 634. The van der Waals surface area contributed by atoms with Gasteiger partial charge in [-0.3, -0.25) is 10.1 Å². The summed E-state index contributed by atoms with van der Waals surface area (Å²) in [5.74, 6) is 0.0847. The monoisotopic (exact) mass is 276 g/mol. The molecule has 0 amide bonds. The van der Waals surface area contributed by atoms with E-state index in [0.29, 0.717) is 24.3 Å². The van der Waals surface area contributed by atoms with Crippen LogP contribution in [0.2, 0.25) is 0 Å². The molecule has 20 heavy (non-hydrogen) atoms. The highest BCUT2D eigenvalue weighted by atomic mass is 19.1. The second-order valence-electron chi connectivity index (χ2n) is 4.16. The molecular weight excluding hydrogens is 263 g/mol. The van der Waals surface area contributed by atoms with Crippen LogP contribution in [0.3, 0.4) is 0 Å². The van der Waals surface area contributed by atoms with Gasteiger partial charge >= 0.3 is 0 Å². The molecule has 7 heteroatoms. The molecule has 0 unspecified atom stereocenters. The molecule has 0 fully saturated rings. The Labute approximate surface area is 114 Å². The van der Waals surface area contributed by atoms with Gasteiger partial charge < -0.3 is 11.1 Å². The van der Waals surface area contributed by atoms with Gasteiger partial charge in [0, 0.05) is 6.54 Å². The number of rotatable bonds is 5. The second-order valence-corrected chi connectivity index (χ2v) is 4.16. The first-order valence-electron chi connectivity index (χ1n) is 5.95. The van der Waals surface area contributed by atoms with Gasteiger partial charge in [0.25, 0.3) is 5.69 Å². The van der Waals surface area contributed by atoms with Crippen LogP contribution in [0.4, 0.5) is 21.7 Å². The zero-order valence-electron chi connectivity index (χ0n) is 10.5. The van der Waals surface area contributed by atoms with Gasteiger partial charge in [-0.15, -0.1) is 0 Å². The van der Waals surface area contributed by atoms with Gasteiger partial charge in [0.2, 0.25) is 0 Å². The molecule has 1 heterocycles. The van der Waals surface area contributed by atoms with Crippen molar-refractivity contribution in [2.45, 2.75) is 6.42 Å². The first-order valence-corrected chi connectivity index (χ1v) is 5.95. The minimum absolute atomic E-state index is 0.0626. The van der Waals surface area contributed by atoms with Gasteiger partial charge in [-0.05, 0) is 18.1 Å². The normalized spacial score (nSPS) is 10.2. The van der Waals surface area contributed by atoms with E-state index in [1.165, 1.54) is 18.2 Å². The highest BCUT2D eigenvalue weighted by molar-refractivity contribution is 5.52. The number of nitro groups is 1. The van der Waals surface area contributed by atoms with E-state index in [1.54, 1.807) is 18.2 Å². The first-order chi connectivity index (χ1) is 9.56. The molecule has 0 aliphatic rings. The number of aromatic nitrogens is 1. The Morgan fingerprint density at radius 1 is 1.35 bits per heavy atom. The number of nitrogens with zero attached hydrogens (tertiary/aromatic N) is 2. The van der Waals surface area contributed by atoms with Gasteiger partial charge in [-0.1, -0.05) is 18.2 Å². The summed E-state index contributed by atoms with van der Waals surface area (Å²) in [4.78, 5) is 14.1. The molecule has 1 aromatic heterocycles. The molecule has 0 atom stereocenters. The van der Waals surface area contributed by atoms with Crippen LogP contribution in [0.25, 0.3) is 0 Å². The van der Waals surface area contributed by atoms with Gasteiger partial charge in [0.1, 0.15) is 17.5 Å². The molecule has 3 N–H and O–H groups in total. The summed E-state index contributed by atoms with van der Waals surface area (Å²) in [5.41, 5.74) is 5.92. The molecule has 0 aliphatic heterocycles. The number of nitrogens with one attached hydrogen (secondary N) is 1. The van der Waals surface area contributed by atoms with E-state index in [1.807, 2.05) is 0 Å². The minimum atomic E-state index is -0.542. The van der Waals surface area contributed by atoms with E-state index in [0.717, 1.165) is 0 Å². The minimum Gasteiger partial charge on any atom is -0.383 e. The van der Waals surface area contributed by atoms with Crippen molar-refractivity contribution in [3.05, 3.63) is 57.9 Å². The zero-order valence-corrected chi connectivity index (χ0v) is 10.5. The lowest BCUT2D eigenvalue weighted by Crippen LogP contribution is -2.08. The van der Waals surface area contributed by atoms with Gasteiger partial charge in [-0.2, -0.15) is 0 Å². The number of nitrogens with two attached hydrogens (primary N) is 1. The molecule has 1 aromatic carbocycles. The lowest BCUT2D eigenvalue weighted by atomic mass is 10.1. The third-order valence-corrected chi connectivity index (χ3v) is 2.70. The molecule has 0 saturated heterocycles. The fourth-order valence-corrected chi connectivity index (χ4v) is 1.76. The van der Waals surface area contributed by atoms with E-state index >= 15 is 0 Å². The number of hydrogen-bond acceptors (Lipinski definition) is 5. The SMILES string of the molecule is Nc1cc([N+](=O)[O-])cc(NCCc2ccccc2F)n1. The maximum absolute atomic E-state index is 13.4. The summed E-state index contributed by atoms with van der Waals surface area (Å²) in [6.45, 7) is 0.397. The van der Waals surface area contributed by atoms with Crippen LogP contribution >= 0.6 is 0 Å². The number of hydrogen-bond donors (Lipinski definition) is 2. The van der Waals surface area contributed by atoms with E-state index in [9.17, 15) is 14.5 Å². The van der Waals surface area contributed by atoms with Crippen molar-refractivity contribution < 1.29 is 9.31 Å². The average molecular weight is 276 g/mol. The maximum Gasteiger partial charge on any atom is 0.276 e. The van der Waals surface area contributed by atoms with Crippen molar-refractivity contribution in [3.63, 3.8) is 0 Å². The van der Waals surface area contributed by atoms with E-state index in [4.69, 9.17) is 5.73 Å². The second kappa shape index (κ2) is 5.96. The van der Waals surface area contributed by atoms with Crippen molar-refractivity contribution in [3.8, 4) is 0 Å². The molecule has 6 nitrogen and oxygen atoms in total. The Kier molecular flexibility index (Phi) is 4.09. The molecule has 2 aromatic rings. The van der Waals surface area contributed by atoms with Crippen LogP contribution in [-0.2, 0) is 6.42 Å². The van der Waals surface area contributed by atoms with Crippen LogP contribution < -0.4 is 11.1 Å². The molecule has 0 spiro atoms. The topological polar surface area (TPSA) is 94.1 Å². The Morgan fingerprint density at radius 3 is 2.80 bits per heavy atom. The number of nitrogen functional groups attached to an aromatic ring is 1. The van der Waals surface area contributed by atoms with Crippen LogP contribution in [-0.4, -0.2) is 16.5 Å². The summed E-state index contributed by atoms with van der Waals surface area (Å²) >= 11 is 0. The predicted molar refractivity (Wildman–Crippen MR) is 73.9 cm³/mol. The number of pyridine rings is 1. The van der Waals surface area contributed by atoms with Crippen LogP contribution in [0.1, 0.15) is 5.56 Å². The van der Waals surface area contributed by atoms with Crippen LogP contribution in [0, 0.1) is 15.9 Å². The Morgan fingerprint density at radius 2 is 2.10 bits per heavy atom. The average Bonchev–Trinajstić information content (AvgIpc) is 2.40. The van der Waals surface area contributed by atoms with Crippen LogP contribution in [0.15, 0.2) is 36.4 Å². The van der Waals surface area contributed by atoms with E-state index in [-0.39, 0.29) is 17.3 Å². The zero-order chi connectivity index (χ0) is 14.5. The summed E-state index contributed by atoms with van der Waals surface area (Å²) in [5, 5.41) is 13.6. The van der Waals surface area contributed by atoms with E-state index in [2.05, 4.69) is 10.3 Å². The third kappa shape index (κ3) is 3.41. The summed E-state index contributed by atoms with van der Waals surface area (Å²) < 4.78 is 13.4. The molecule has 2 rings (SSSR count). The number of halogens is 1. The fourth-order valence-electron chi connectivity index (χ4n) is 1.76.